The van der Waals surface area contributed by atoms with Crippen LogP contribution in [0.3, 0.4) is 0 Å². The van der Waals surface area contributed by atoms with Crippen molar-refractivity contribution in [2.45, 2.75) is 33.0 Å². The molecule has 0 aliphatic rings. The first-order valence-electron chi connectivity index (χ1n) is 3.69. The fraction of sp³-hybridized carbons (Fsp3) is 1.00. The first kappa shape index (κ1) is 9.88. The van der Waals surface area contributed by atoms with E-state index in [0.29, 0.717) is 6.61 Å². The third-order valence-corrected chi connectivity index (χ3v) is 1.14. The maximum absolute atomic E-state index is 8.39. The highest BCUT2D eigenvalue weighted by Gasteiger charge is 2.04. The highest BCUT2D eigenvalue weighted by atomic mass is 16.7. The molecule has 0 aromatic heterocycles. The molecule has 3 nitrogen and oxygen atoms in total. The molecule has 1 atom stereocenters. The largest absolute Gasteiger partial charge is 0.371 e. The van der Waals surface area contributed by atoms with E-state index in [9.17, 15) is 0 Å². The van der Waals surface area contributed by atoms with Gasteiger partial charge in [-0.25, -0.2) is 0 Å². The van der Waals surface area contributed by atoms with Crippen molar-refractivity contribution in [1.29, 1.82) is 0 Å². The topological polar surface area (TPSA) is 38.7 Å². The van der Waals surface area contributed by atoms with E-state index >= 15 is 0 Å². The van der Waals surface area contributed by atoms with Crippen LogP contribution in [0.2, 0.25) is 0 Å². The fourth-order valence-electron chi connectivity index (χ4n) is 0.720. The van der Waals surface area contributed by atoms with Crippen LogP contribution in [0.5, 0.6) is 0 Å². The summed E-state index contributed by atoms with van der Waals surface area (Å²) in [6, 6.07) is 0. The summed E-state index contributed by atoms with van der Waals surface area (Å²) in [6.07, 6.45) is 1.62. The van der Waals surface area contributed by atoms with E-state index in [2.05, 4.69) is 0 Å². The molecule has 0 rings (SSSR count). The van der Waals surface area contributed by atoms with Gasteiger partial charge in [0.25, 0.3) is 0 Å². The monoisotopic (exact) mass is 148 g/mol. The summed E-state index contributed by atoms with van der Waals surface area (Å²) in [4.78, 5) is 0. The molecule has 0 amide bonds. The molecule has 0 saturated carbocycles. The standard InChI is InChI=1S/C7H16O3/c1-3-5-7(9-4-2)10-6-8/h7-8H,3-6H2,1-2H3. The number of aliphatic hydroxyl groups is 1. The van der Waals surface area contributed by atoms with Gasteiger partial charge in [-0.1, -0.05) is 13.3 Å². The molecule has 0 spiro atoms. The Balaban J connectivity index is 3.30. The molecule has 0 aliphatic carbocycles. The van der Waals surface area contributed by atoms with Crippen molar-refractivity contribution < 1.29 is 14.6 Å². The summed E-state index contributed by atoms with van der Waals surface area (Å²) >= 11 is 0. The van der Waals surface area contributed by atoms with E-state index in [1.807, 2.05) is 13.8 Å². The number of rotatable bonds is 6. The quantitative estimate of drug-likeness (QED) is 0.573. The van der Waals surface area contributed by atoms with Crippen LogP contribution >= 0.6 is 0 Å². The first-order chi connectivity index (χ1) is 4.85. The molecular weight excluding hydrogens is 132 g/mol. The highest BCUT2D eigenvalue weighted by molar-refractivity contribution is 4.40. The Labute approximate surface area is 62.0 Å². The number of hydrogen-bond acceptors (Lipinski definition) is 3. The van der Waals surface area contributed by atoms with Gasteiger partial charge in [-0.15, -0.1) is 0 Å². The van der Waals surface area contributed by atoms with Crippen molar-refractivity contribution in [3.8, 4) is 0 Å². The van der Waals surface area contributed by atoms with Crippen molar-refractivity contribution in [3.63, 3.8) is 0 Å². The zero-order chi connectivity index (χ0) is 7.82. The van der Waals surface area contributed by atoms with Crippen molar-refractivity contribution in [1.82, 2.24) is 0 Å². The first-order valence-corrected chi connectivity index (χ1v) is 3.69. The molecule has 0 radical (unpaired) electrons. The van der Waals surface area contributed by atoms with Gasteiger partial charge in [0.1, 0.15) is 6.79 Å². The predicted molar refractivity (Wildman–Crippen MR) is 38.5 cm³/mol. The van der Waals surface area contributed by atoms with Crippen molar-refractivity contribution >= 4 is 0 Å². The summed E-state index contributed by atoms with van der Waals surface area (Å²) in [5.41, 5.74) is 0. The molecule has 0 bridgehead atoms. The van der Waals surface area contributed by atoms with Crippen LogP contribution in [0.4, 0.5) is 0 Å². The van der Waals surface area contributed by atoms with E-state index in [1.54, 1.807) is 0 Å². The maximum Gasteiger partial charge on any atom is 0.160 e. The second kappa shape index (κ2) is 6.99. The Morgan fingerprint density at radius 1 is 1.30 bits per heavy atom. The second-order valence-electron chi connectivity index (χ2n) is 1.97. The van der Waals surface area contributed by atoms with E-state index in [-0.39, 0.29) is 13.1 Å². The molecule has 0 aliphatic heterocycles. The molecule has 0 aromatic rings. The van der Waals surface area contributed by atoms with Gasteiger partial charge in [0, 0.05) is 6.61 Å². The molecule has 0 fully saturated rings. The minimum absolute atomic E-state index is 0.222. The predicted octanol–water partition coefficient (Wildman–Crippen LogP) is 1.12. The van der Waals surface area contributed by atoms with E-state index < -0.39 is 0 Å². The normalized spacial score (nSPS) is 13.5. The van der Waals surface area contributed by atoms with Crippen LogP contribution in [-0.2, 0) is 9.47 Å². The Morgan fingerprint density at radius 3 is 2.40 bits per heavy atom. The third kappa shape index (κ3) is 4.73. The molecule has 3 heteroatoms. The van der Waals surface area contributed by atoms with Crippen LogP contribution < -0.4 is 0 Å². The van der Waals surface area contributed by atoms with Crippen molar-refractivity contribution in [3.05, 3.63) is 0 Å². The molecular formula is C7H16O3. The lowest BCUT2D eigenvalue weighted by Gasteiger charge is -2.14. The number of aliphatic hydroxyl groups excluding tert-OH is 1. The Kier molecular flexibility index (Phi) is 6.91. The lowest BCUT2D eigenvalue weighted by atomic mass is 10.3. The van der Waals surface area contributed by atoms with E-state index in [0.717, 1.165) is 12.8 Å². The molecule has 1 unspecified atom stereocenters. The lowest BCUT2D eigenvalue weighted by molar-refractivity contribution is -0.181. The Hall–Kier alpha value is -0.120. The van der Waals surface area contributed by atoms with Gasteiger partial charge < -0.3 is 14.6 Å². The summed E-state index contributed by atoms with van der Waals surface area (Å²) in [5.74, 6) is 0. The van der Waals surface area contributed by atoms with Gasteiger partial charge in [-0.3, -0.25) is 0 Å². The third-order valence-electron chi connectivity index (χ3n) is 1.14. The van der Waals surface area contributed by atoms with E-state index in [4.69, 9.17) is 14.6 Å². The summed E-state index contributed by atoms with van der Waals surface area (Å²) in [6.45, 7) is 4.32. The average molecular weight is 148 g/mol. The maximum atomic E-state index is 8.39. The van der Waals surface area contributed by atoms with Crippen LogP contribution in [-0.4, -0.2) is 24.8 Å². The van der Waals surface area contributed by atoms with Gasteiger partial charge in [-0.05, 0) is 13.3 Å². The van der Waals surface area contributed by atoms with Gasteiger partial charge in [0.05, 0.1) is 0 Å². The molecule has 0 aromatic carbocycles. The number of ether oxygens (including phenoxy) is 2. The molecule has 0 saturated heterocycles. The summed E-state index contributed by atoms with van der Waals surface area (Å²) in [5, 5.41) is 8.39. The van der Waals surface area contributed by atoms with Crippen LogP contribution in [0, 0.1) is 0 Å². The van der Waals surface area contributed by atoms with Gasteiger partial charge in [0.15, 0.2) is 6.29 Å². The summed E-state index contributed by atoms with van der Waals surface area (Å²) < 4.78 is 10.00. The van der Waals surface area contributed by atoms with Gasteiger partial charge >= 0.3 is 0 Å². The zero-order valence-corrected chi connectivity index (χ0v) is 6.67. The molecule has 62 valence electrons. The van der Waals surface area contributed by atoms with Crippen LogP contribution in [0.15, 0.2) is 0 Å². The van der Waals surface area contributed by atoms with Gasteiger partial charge in [-0.2, -0.15) is 0 Å². The van der Waals surface area contributed by atoms with E-state index in [1.165, 1.54) is 0 Å². The smallest absolute Gasteiger partial charge is 0.160 e. The highest BCUT2D eigenvalue weighted by Crippen LogP contribution is 2.02. The van der Waals surface area contributed by atoms with Crippen LogP contribution in [0.25, 0.3) is 0 Å². The second-order valence-corrected chi connectivity index (χ2v) is 1.97. The molecule has 1 N–H and O–H groups in total. The minimum Gasteiger partial charge on any atom is -0.371 e. The van der Waals surface area contributed by atoms with Gasteiger partial charge in [0.2, 0.25) is 0 Å². The van der Waals surface area contributed by atoms with Crippen LogP contribution in [0.1, 0.15) is 26.7 Å². The van der Waals surface area contributed by atoms with Crippen molar-refractivity contribution in [2.24, 2.45) is 0 Å². The van der Waals surface area contributed by atoms with Crippen molar-refractivity contribution in [2.75, 3.05) is 13.4 Å². The molecule has 10 heavy (non-hydrogen) atoms. The lowest BCUT2D eigenvalue weighted by Crippen LogP contribution is -2.17. The Bertz CT molecular complexity index is 51.6. The minimum atomic E-state index is -0.259. The molecule has 0 heterocycles. The average Bonchev–Trinajstić information content (AvgIpc) is 1.90. The SMILES string of the molecule is CCCC(OCC)OCO. The summed E-state index contributed by atoms with van der Waals surface area (Å²) in [7, 11) is 0. The number of hydrogen-bond donors (Lipinski definition) is 1. The fourth-order valence-corrected chi connectivity index (χ4v) is 0.720. The Morgan fingerprint density at radius 2 is 2.00 bits per heavy atom. The zero-order valence-electron chi connectivity index (χ0n) is 6.67.